The van der Waals surface area contributed by atoms with Crippen molar-refractivity contribution in [3.63, 3.8) is 0 Å². The highest BCUT2D eigenvalue weighted by Gasteiger charge is 2.48. The van der Waals surface area contributed by atoms with Gasteiger partial charge in [0.2, 0.25) is 0 Å². The van der Waals surface area contributed by atoms with Crippen molar-refractivity contribution in [3.8, 4) is 0 Å². The van der Waals surface area contributed by atoms with Crippen LogP contribution in [0.5, 0.6) is 0 Å². The van der Waals surface area contributed by atoms with Gasteiger partial charge in [0, 0.05) is 12.3 Å². The van der Waals surface area contributed by atoms with Gasteiger partial charge in [-0.05, 0) is 277 Å². The lowest BCUT2D eigenvalue weighted by atomic mass is 9.67. The van der Waals surface area contributed by atoms with Gasteiger partial charge in [0.05, 0.1) is 0 Å². The van der Waals surface area contributed by atoms with Crippen LogP contribution in [0.25, 0.3) is 0 Å². The molecular weight excluding hydrogens is 1100 g/mol. The van der Waals surface area contributed by atoms with E-state index in [1.54, 1.807) is 18.2 Å². The molecule has 490 valence electrons. The molecule has 0 aliphatic heterocycles. The highest BCUT2D eigenvalue weighted by Crippen LogP contribution is 2.51. The Morgan fingerprint density at radius 2 is 0.632 bits per heavy atom. The lowest BCUT2D eigenvalue weighted by Gasteiger charge is -2.41. The predicted octanol–water partition coefficient (Wildman–Crippen LogP) is 26.2. The van der Waals surface area contributed by atoms with Crippen molar-refractivity contribution < 1.29 is 35.1 Å². The minimum atomic E-state index is -2.39. The zero-order valence-corrected chi connectivity index (χ0v) is 55.0. The third kappa shape index (κ3) is 20.8. The Bertz CT molecular complexity index is 2400. The van der Waals surface area contributed by atoms with Gasteiger partial charge in [-0.1, -0.05) is 162 Å². The monoisotopic (exact) mass is 1220 g/mol. The van der Waals surface area contributed by atoms with Gasteiger partial charge in [-0.25, -0.2) is 35.1 Å². The van der Waals surface area contributed by atoms with Gasteiger partial charge in [0.15, 0.2) is 34.9 Å². The normalized spacial score (nSPS) is 33.8. The molecular formula is C79H118F8. The summed E-state index contributed by atoms with van der Waals surface area (Å²) in [6, 6.07) is 13.4. The molecule has 0 N–H and O–H groups in total. The number of hydrogen-bond acceptors (Lipinski definition) is 0. The van der Waals surface area contributed by atoms with Crippen LogP contribution in [0.3, 0.4) is 0 Å². The Labute approximate surface area is 524 Å². The Hall–Kier alpha value is -2.90. The van der Waals surface area contributed by atoms with Crippen LogP contribution in [0.4, 0.5) is 35.1 Å². The van der Waals surface area contributed by atoms with Crippen molar-refractivity contribution in [2.45, 2.75) is 309 Å². The third-order valence-corrected chi connectivity index (χ3v) is 24.9. The second-order valence-electron chi connectivity index (χ2n) is 30.3. The molecule has 8 heteroatoms. The van der Waals surface area contributed by atoms with E-state index in [1.807, 2.05) is 6.92 Å². The summed E-state index contributed by atoms with van der Waals surface area (Å²) < 4.78 is 108. The lowest BCUT2D eigenvalue weighted by Crippen LogP contribution is -2.40. The van der Waals surface area contributed by atoms with Crippen LogP contribution in [0.1, 0.15) is 319 Å². The van der Waals surface area contributed by atoms with Gasteiger partial charge < -0.3 is 0 Å². The van der Waals surface area contributed by atoms with Crippen LogP contribution in [0, 0.1) is 112 Å². The maximum absolute atomic E-state index is 14.1. The van der Waals surface area contributed by atoms with Crippen molar-refractivity contribution in [1.29, 1.82) is 0 Å². The largest absolute Gasteiger partial charge is 0.251 e. The lowest BCUT2D eigenvalue weighted by molar-refractivity contribution is -0.125. The molecule has 0 radical (unpaired) electrons. The zero-order valence-electron chi connectivity index (χ0n) is 55.0. The van der Waals surface area contributed by atoms with E-state index >= 15 is 0 Å². The van der Waals surface area contributed by atoms with Crippen molar-refractivity contribution in [1.82, 2.24) is 0 Å². The summed E-state index contributed by atoms with van der Waals surface area (Å²) in [6.45, 7) is 11.1. The topological polar surface area (TPSA) is 0 Å². The molecule has 0 amide bonds. The Morgan fingerprint density at radius 1 is 0.322 bits per heavy atom. The van der Waals surface area contributed by atoms with Crippen LogP contribution in [0.15, 0.2) is 54.6 Å². The molecule has 0 heterocycles. The molecule has 2 unspecified atom stereocenters. The molecule has 0 nitrogen and oxygen atoms in total. The first kappa shape index (κ1) is 70.0. The van der Waals surface area contributed by atoms with Crippen LogP contribution in [-0.2, 0) is 0 Å². The van der Waals surface area contributed by atoms with E-state index in [2.05, 4.69) is 27.7 Å². The molecule has 87 heavy (non-hydrogen) atoms. The highest BCUT2D eigenvalue weighted by atomic mass is 19.3. The first-order valence-electron chi connectivity index (χ1n) is 36.8. The second kappa shape index (κ2) is 35.2. The fourth-order valence-electron chi connectivity index (χ4n) is 19.1. The molecule has 3 aromatic rings. The maximum Gasteiger partial charge on any atom is 0.251 e. The molecule has 8 fully saturated rings. The molecule has 0 spiro atoms. The summed E-state index contributed by atoms with van der Waals surface area (Å²) in [5, 5.41) is 0. The van der Waals surface area contributed by atoms with Crippen LogP contribution < -0.4 is 0 Å². The van der Waals surface area contributed by atoms with Gasteiger partial charge >= 0.3 is 0 Å². The molecule has 8 aliphatic rings. The average molecular weight is 1220 g/mol. The molecule has 0 saturated heterocycles. The number of hydrogen-bond donors (Lipinski definition) is 0. The number of alkyl halides is 2. The summed E-state index contributed by atoms with van der Waals surface area (Å²) in [4.78, 5) is 0. The molecule has 2 atom stereocenters. The quantitative estimate of drug-likeness (QED) is 0.105. The number of rotatable bonds is 15. The van der Waals surface area contributed by atoms with E-state index in [1.165, 1.54) is 216 Å². The Kier molecular flexibility index (Phi) is 28.3. The maximum atomic E-state index is 14.1. The van der Waals surface area contributed by atoms with E-state index in [4.69, 9.17) is 0 Å². The van der Waals surface area contributed by atoms with E-state index in [0.717, 1.165) is 140 Å². The zero-order chi connectivity index (χ0) is 61.9. The summed E-state index contributed by atoms with van der Waals surface area (Å²) in [5.41, 5.74) is 2.98. The van der Waals surface area contributed by atoms with E-state index in [0.29, 0.717) is 23.7 Å². The SMILES string of the molecule is CCC1CCC(C2CCC(C)CC2(F)F)CC1.CCC1CCC(C2CCC(c3ccc(F)c(F)c3)CC2)CC1.CCCC1CCC(C2CCC(c3ccc(F)c(F)c3)CC2)CC1.CCCCCC1CCC(C2CCC(c3ccc(F)c(F)c3)CC2)CC1. The van der Waals surface area contributed by atoms with Gasteiger partial charge in [-0.2, -0.15) is 0 Å². The van der Waals surface area contributed by atoms with Gasteiger partial charge in [-0.3, -0.25) is 0 Å². The van der Waals surface area contributed by atoms with Crippen LogP contribution in [-0.4, -0.2) is 5.92 Å². The number of benzene rings is 3. The van der Waals surface area contributed by atoms with Gasteiger partial charge in [-0.15, -0.1) is 0 Å². The van der Waals surface area contributed by atoms with Gasteiger partial charge in [0.1, 0.15) is 0 Å². The van der Waals surface area contributed by atoms with Crippen molar-refractivity contribution in [2.75, 3.05) is 0 Å². The molecule has 0 aromatic heterocycles. The summed E-state index contributed by atoms with van der Waals surface area (Å²) >= 11 is 0. The highest BCUT2D eigenvalue weighted by molar-refractivity contribution is 5.24. The molecule has 8 saturated carbocycles. The number of halogens is 8. The van der Waals surface area contributed by atoms with Crippen molar-refractivity contribution in [3.05, 3.63) is 106 Å². The first-order valence-corrected chi connectivity index (χ1v) is 36.8. The van der Waals surface area contributed by atoms with Crippen LogP contribution >= 0.6 is 0 Å². The fourth-order valence-corrected chi connectivity index (χ4v) is 19.1. The van der Waals surface area contributed by atoms with E-state index < -0.39 is 40.8 Å². The Morgan fingerprint density at radius 3 is 0.931 bits per heavy atom. The smallest absolute Gasteiger partial charge is 0.207 e. The van der Waals surface area contributed by atoms with Crippen molar-refractivity contribution in [2.24, 2.45) is 76.9 Å². The standard InChI is InChI=1S/C23H34F2.C21H30F2.C20H28F2.C15H26F2/c1-2-3-4-5-17-6-8-18(9-7-17)19-10-12-20(13-11-19)21-14-15-22(24)23(25)16-21;1-2-3-15-4-6-16(7-5-15)17-8-10-18(11-9-17)19-12-13-20(22)21(23)14-19;1-2-14-3-5-15(6-4-14)16-7-9-17(10-8-16)18-11-12-19(21)20(22)13-18;1-3-12-5-7-13(8-6-12)14-9-4-11(2)10-15(14,16)17/h14-20H,2-13H2,1H3;12-18H,2-11H2,1H3;11-17H,2-10H2,1H3;11-14H,3-10H2,1-2H3. The molecule has 3 aromatic carbocycles. The first-order chi connectivity index (χ1) is 42.0. The summed E-state index contributed by atoms with van der Waals surface area (Å²) in [6.07, 6.45) is 48.9. The third-order valence-electron chi connectivity index (χ3n) is 24.9. The molecule has 11 rings (SSSR count). The average Bonchev–Trinajstić information content (AvgIpc) is 3.55. The van der Waals surface area contributed by atoms with Crippen LogP contribution in [0.2, 0.25) is 0 Å². The number of unbranched alkanes of at least 4 members (excludes halogenated alkanes) is 2. The minimum absolute atomic E-state index is 0.130. The molecule has 8 aliphatic carbocycles. The second-order valence-corrected chi connectivity index (χ2v) is 30.3. The summed E-state index contributed by atoms with van der Waals surface area (Å²) in [5.74, 6) is 3.97. The van der Waals surface area contributed by atoms with Gasteiger partial charge in [0.25, 0.3) is 5.92 Å². The Balaban J connectivity index is 0.000000152. The summed E-state index contributed by atoms with van der Waals surface area (Å²) in [7, 11) is 0. The van der Waals surface area contributed by atoms with E-state index in [-0.39, 0.29) is 18.3 Å². The predicted molar refractivity (Wildman–Crippen MR) is 346 cm³/mol. The fraction of sp³-hybridized carbons (Fsp3) is 0.772. The minimum Gasteiger partial charge on any atom is -0.207 e. The van der Waals surface area contributed by atoms with Crippen molar-refractivity contribution >= 4 is 0 Å². The molecule has 0 bridgehead atoms. The van der Waals surface area contributed by atoms with E-state index in [9.17, 15) is 35.1 Å².